The van der Waals surface area contributed by atoms with E-state index in [0.717, 1.165) is 16.9 Å². The maximum Gasteiger partial charge on any atom is 0.338 e. The average molecular weight is 408 g/mol. The van der Waals surface area contributed by atoms with E-state index < -0.39 is 24.4 Å². The van der Waals surface area contributed by atoms with E-state index in [1.807, 2.05) is 32.9 Å². The van der Waals surface area contributed by atoms with Gasteiger partial charge in [-0.25, -0.2) is 9.69 Å². The molecule has 2 aromatic rings. The van der Waals surface area contributed by atoms with Crippen molar-refractivity contribution in [3.8, 4) is 0 Å². The molecule has 2 aromatic carbocycles. The van der Waals surface area contributed by atoms with E-state index in [0.29, 0.717) is 18.2 Å². The van der Waals surface area contributed by atoms with Gasteiger partial charge in [0.2, 0.25) is 0 Å². The van der Waals surface area contributed by atoms with Gasteiger partial charge in [-0.3, -0.25) is 14.4 Å². The van der Waals surface area contributed by atoms with Crippen molar-refractivity contribution in [3.05, 3.63) is 64.7 Å². The molecule has 0 atom stereocenters. The highest BCUT2D eigenvalue weighted by molar-refractivity contribution is 6.34. The zero-order chi connectivity index (χ0) is 21.8. The summed E-state index contributed by atoms with van der Waals surface area (Å²) in [6, 6.07) is 11.3. The third-order valence-electron chi connectivity index (χ3n) is 4.86. The highest BCUT2D eigenvalue weighted by atomic mass is 16.5. The van der Waals surface area contributed by atoms with Crippen LogP contribution in [0.4, 0.5) is 5.69 Å². The smallest absolute Gasteiger partial charge is 0.338 e. The lowest BCUT2D eigenvalue weighted by Crippen LogP contribution is -2.30. The van der Waals surface area contributed by atoms with Crippen LogP contribution in [0.25, 0.3) is 0 Å². The van der Waals surface area contributed by atoms with E-state index in [4.69, 9.17) is 4.74 Å². The molecule has 0 spiro atoms. The van der Waals surface area contributed by atoms with Crippen molar-refractivity contribution in [2.24, 2.45) is 5.92 Å². The first-order valence-electron chi connectivity index (χ1n) is 9.82. The molecule has 3 amide bonds. The molecular weight excluding hydrogens is 384 g/mol. The number of para-hydroxylation sites is 1. The molecule has 0 saturated heterocycles. The van der Waals surface area contributed by atoms with E-state index in [1.165, 1.54) is 18.2 Å². The zero-order valence-electron chi connectivity index (χ0n) is 17.2. The van der Waals surface area contributed by atoms with Crippen LogP contribution in [0, 0.1) is 12.8 Å². The zero-order valence-corrected chi connectivity index (χ0v) is 17.2. The van der Waals surface area contributed by atoms with Crippen molar-refractivity contribution in [3.63, 3.8) is 0 Å². The van der Waals surface area contributed by atoms with Gasteiger partial charge in [-0.05, 0) is 49.1 Å². The SMILES string of the molecule is Cc1ccccc1N1C(=O)c2ccc(C(=O)OCC(=O)NCCC(C)C)cc2C1=O. The summed E-state index contributed by atoms with van der Waals surface area (Å²) >= 11 is 0. The van der Waals surface area contributed by atoms with Crippen molar-refractivity contribution >= 4 is 29.4 Å². The average Bonchev–Trinajstić information content (AvgIpc) is 2.96. The summed E-state index contributed by atoms with van der Waals surface area (Å²) in [5.41, 5.74) is 1.77. The topological polar surface area (TPSA) is 92.8 Å². The number of hydrogen-bond acceptors (Lipinski definition) is 5. The van der Waals surface area contributed by atoms with Gasteiger partial charge in [0.25, 0.3) is 17.7 Å². The molecule has 156 valence electrons. The number of ether oxygens (including phenoxy) is 1. The number of nitrogens with one attached hydrogen (secondary N) is 1. The lowest BCUT2D eigenvalue weighted by Gasteiger charge is -2.16. The van der Waals surface area contributed by atoms with Crippen LogP contribution >= 0.6 is 0 Å². The molecule has 3 rings (SSSR count). The highest BCUT2D eigenvalue weighted by Gasteiger charge is 2.37. The number of carbonyl (C=O) groups excluding carboxylic acids is 4. The van der Waals surface area contributed by atoms with Crippen molar-refractivity contribution in [2.75, 3.05) is 18.1 Å². The molecule has 1 heterocycles. The molecule has 1 aliphatic heterocycles. The number of imide groups is 1. The van der Waals surface area contributed by atoms with Crippen molar-refractivity contribution in [1.82, 2.24) is 5.32 Å². The number of esters is 1. The minimum Gasteiger partial charge on any atom is -0.452 e. The van der Waals surface area contributed by atoms with Gasteiger partial charge in [0.15, 0.2) is 6.61 Å². The second-order valence-electron chi connectivity index (χ2n) is 7.60. The van der Waals surface area contributed by atoms with Crippen molar-refractivity contribution in [2.45, 2.75) is 27.2 Å². The molecule has 1 aliphatic rings. The van der Waals surface area contributed by atoms with E-state index in [-0.39, 0.29) is 22.6 Å². The number of hydrogen-bond donors (Lipinski definition) is 1. The number of fused-ring (bicyclic) bond motifs is 1. The van der Waals surface area contributed by atoms with Crippen LogP contribution in [0.2, 0.25) is 0 Å². The van der Waals surface area contributed by atoms with Crippen LogP contribution in [-0.4, -0.2) is 36.8 Å². The van der Waals surface area contributed by atoms with Gasteiger partial charge in [-0.2, -0.15) is 0 Å². The molecule has 30 heavy (non-hydrogen) atoms. The Kier molecular flexibility index (Phi) is 6.30. The molecule has 1 N–H and O–H groups in total. The standard InChI is InChI=1S/C23H24N2O5/c1-14(2)10-11-24-20(26)13-30-23(29)16-8-9-17-18(12-16)22(28)25(21(17)27)19-7-5-4-6-15(19)3/h4-9,12,14H,10-11,13H2,1-3H3,(H,24,26). The van der Waals surface area contributed by atoms with Gasteiger partial charge in [0.05, 0.1) is 22.4 Å². The first-order valence-corrected chi connectivity index (χ1v) is 9.82. The number of amides is 3. The Morgan fingerprint density at radius 2 is 1.73 bits per heavy atom. The van der Waals surface area contributed by atoms with Crippen LogP contribution in [0.15, 0.2) is 42.5 Å². The van der Waals surface area contributed by atoms with Crippen LogP contribution < -0.4 is 10.2 Å². The third-order valence-corrected chi connectivity index (χ3v) is 4.86. The number of rotatable bonds is 7. The predicted molar refractivity (Wildman–Crippen MR) is 112 cm³/mol. The fourth-order valence-corrected chi connectivity index (χ4v) is 3.17. The summed E-state index contributed by atoms with van der Waals surface area (Å²) in [6.07, 6.45) is 0.831. The summed E-state index contributed by atoms with van der Waals surface area (Å²) < 4.78 is 5.04. The molecule has 7 nitrogen and oxygen atoms in total. The van der Waals surface area contributed by atoms with Crippen molar-refractivity contribution < 1.29 is 23.9 Å². The summed E-state index contributed by atoms with van der Waals surface area (Å²) in [7, 11) is 0. The molecule has 0 aromatic heterocycles. The van der Waals surface area contributed by atoms with Gasteiger partial charge < -0.3 is 10.1 Å². The number of nitrogens with zero attached hydrogens (tertiary/aromatic N) is 1. The van der Waals surface area contributed by atoms with E-state index in [2.05, 4.69) is 5.32 Å². The minimum absolute atomic E-state index is 0.108. The number of benzene rings is 2. The lowest BCUT2D eigenvalue weighted by molar-refractivity contribution is -0.124. The van der Waals surface area contributed by atoms with Crippen LogP contribution in [0.3, 0.4) is 0 Å². The fraction of sp³-hybridized carbons (Fsp3) is 0.304. The van der Waals surface area contributed by atoms with Gasteiger partial charge >= 0.3 is 5.97 Å². The molecule has 0 fully saturated rings. The van der Waals surface area contributed by atoms with E-state index >= 15 is 0 Å². The van der Waals surface area contributed by atoms with Gasteiger partial charge in [-0.1, -0.05) is 32.0 Å². The third kappa shape index (κ3) is 4.40. The summed E-state index contributed by atoms with van der Waals surface area (Å²) in [5, 5.41) is 2.68. The summed E-state index contributed by atoms with van der Waals surface area (Å²) in [6.45, 7) is 6.01. The first-order chi connectivity index (χ1) is 14.3. The molecule has 0 bridgehead atoms. The van der Waals surface area contributed by atoms with Crippen LogP contribution in [-0.2, 0) is 9.53 Å². The lowest BCUT2D eigenvalue weighted by atomic mass is 10.1. The Morgan fingerprint density at radius 3 is 2.43 bits per heavy atom. The Balaban J connectivity index is 1.70. The summed E-state index contributed by atoms with van der Waals surface area (Å²) in [5.74, 6) is -1.59. The molecule has 0 unspecified atom stereocenters. The molecule has 0 saturated carbocycles. The highest BCUT2D eigenvalue weighted by Crippen LogP contribution is 2.31. The maximum absolute atomic E-state index is 12.9. The first kappa shape index (κ1) is 21.2. The predicted octanol–water partition coefficient (Wildman–Crippen LogP) is 3.11. The van der Waals surface area contributed by atoms with Gasteiger partial charge in [0, 0.05) is 6.54 Å². The largest absolute Gasteiger partial charge is 0.452 e. The van der Waals surface area contributed by atoms with Gasteiger partial charge in [0.1, 0.15) is 0 Å². The van der Waals surface area contributed by atoms with Crippen molar-refractivity contribution in [1.29, 1.82) is 0 Å². The quantitative estimate of drug-likeness (QED) is 0.561. The second-order valence-corrected chi connectivity index (χ2v) is 7.60. The number of carbonyl (C=O) groups is 4. The monoisotopic (exact) mass is 408 g/mol. The fourth-order valence-electron chi connectivity index (χ4n) is 3.17. The Morgan fingerprint density at radius 1 is 1.03 bits per heavy atom. The molecule has 7 heteroatoms. The minimum atomic E-state index is -0.730. The Bertz CT molecular complexity index is 1010. The second kappa shape index (κ2) is 8.90. The van der Waals surface area contributed by atoms with Crippen LogP contribution in [0.1, 0.15) is 56.9 Å². The van der Waals surface area contributed by atoms with Gasteiger partial charge in [-0.15, -0.1) is 0 Å². The normalized spacial score (nSPS) is 12.9. The number of aryl methyl sites for hydroxylation is 1. The molecule has 0 radical (unpaired) electrons. The van der Waals surface area contributed by atoms with Crippen LogP contribution in [0.5, 0.6) is 0 Å². The Hall–Kier alpha value is -3.48. The Labute approximate surface area is 175 Å². The number of anilines is 1. The van der Waals surface area contributed by atoms with E-state index in [9.17, 15) is 19.2 Å². The summed E-state index contributed by atoms with van der Waals surface area (Å²) in [4.78, 5) is 50.8. The van der Waals surface area contributed by atoms with E-state index in [1.54, 1.807) is 12.1 Å². The molecular formula is C23H24N2O5. The maximum atomic E-state index is 12.9. The molecule has 0 aliphatic carbocycles.